The number of ether oxygens (including phenoxy) is 6. The summed E-state index contributed by atoms with van der Waals surface area (Å²) in [5.74, 6) is 2.36. The molecule has 0 radical (unpaired) electrons. The molecule has 0 aromatic heterocycles. The molecule has 0 saturated carbocycles. The molecule has 2 amide bonds. The van der Waals surface area contributed by atoms with Crippen molar-refractivity contribution in [3.8, 4) is 34.5 Å². The van der Waals surface area contributed by atoms with E-state index in [0.29, 0.717) is 45.6 Å². The molecule has 0 heterocycles. The third-order valence-corrected chi connectivity index (χ3v) is 4.31. The van der Waals surface area contributed by atoms with E-state index in [1.165, 1.54) is 42.7 Å². The van der Waals surface area contributed by atoms with Gasteiger partial charge in [-0.05, 0) is 24.3 Å². The molecule has 2 rings (SSSR count). The van der Waals surface area contributed by atoms with Gasteiger partial charge in [0.05, 0.1) is 42.7 Å². The minimum absolute atomic E-state index is 0. The first-order chi connectivity index (χ1) is 15.3. The number of nitrogens with one attached hydrogen (secondary N) is 2. The highest BCUT2D eigenvalue weighted by Gasteiger charge is 2.17. The second kappa shape index (κ2) is 14.3. The molecule has 2 aromatic carbocycles. The van der Waals surface area contributed by atoms with Gasteiger partial charge in [-0.15, -0.1) is 0 Å². The van der Waals surface area contributed by atoms with E-state index in [1.54, 1.807) is 38.4 Å². The van der Waals surface area contributed by atoms with Crippen LogP contribution in [0.5, 0.6) is 34.5 Å². The smallest absolute Gasteiger partial charge is 0.251 e. The van der Waals surface area contributed by atoms with Crippen molar-refractivity contribution < 1.29 is 38.0 Å². The Hall–Kier alpha value is -3.82. The summed E-state index contributed by atoms with van der Waals surface area (Å²) in [5, 5.41) is 5.06. The first-order valence-corrected chi connectivity index (χ1v) is 9.39. The molecule has 10 nitrogen and oxygen atoms in total. The van der Waals surface area contributed by atoms with Crippen LogP contribution in [-0.4, -0.2) is 68.6 Å². The number of carbonyl (C=O) groups excluding carboxylic acids is 2. The van der Waals surface area contributed by atoms with E-state index in [2.05, 4.69) is 10.6 Å². The van der Waals surface area contributed by atoms with Gasteiger partial charge in [-0.1, -0.05) is 7.43 Å². The average molecular weight is 467 g/mol. The van der Waals surface area contributed by atoms with Crippen LogP contribution < -0.4 is 39.1 Å². The van der Waals surface area contributed by atoms with Crippen LogP contribution in [0.25, 0.3) is 0 Å². The molecular weight excluding hydrogens is 432 g/mol. The minimum atomic E-state index is -0.209. The van der Waals surface area contributed by atoms with E-state index in [0.717, 1.165) is 0 Å². The van der Waals surface area contributed by atoms with Gasteiger partial charge in [0, 0.05) is 25.2 Å². The summed E-state index contributed by atoms with van der Waals surface area (Å²) >= 11 is 0. The highest BCUT2D eigenvalue weighted by molar-refractivity contribution is 5.96. The lowest BCUT2D eigenvalue weighted by Gasteiger charge is -2.13. The van der Waals surface area contributed by atoms with Gasteiger partial charge in [-0.25, -0.2) is 0 Å². The molecule has 0 aliphatic rings. The number of amides is 2. The van der Waals surface area contributed by atoms with Gasteiger partial charge in [0.15, 0.2) is 23.0 Å². The van der Waals surface area contributed by atoms with Crippen LogP contribution in [0, 0.1) is 0 Å². The molecule has 0 bridgehead atoms. The van der Waals surface area contributed by atoms with Crippen LogP contribution >= 0.6 is 0 Å². The van der Waals surface area contributed by atoms with Crippen molar-refractivity contribution >= 4 is 11.8 Å². The molecule has 2 N–H and O–H groups in total. The minimum Gasteiger partial charge on any atom is -0.493 e. The average Bonchev–Trinajstić information content (AvgIpc) is 2.85. The molecule has 33 heavy (non-hydrogen) atoms. The number of rotatable bonds is 8. The monoisotopic (exact) mass is 466 g/mol. The molecule has 0 spiro atoms. The predicted octanol–water partition coefficient (Wildman–Crippen LogP) is 2.78. The highest BCUT2D eigenvalue weighted by Crippen LogP contribution is 2.39. The second-order valence-electron chi connectivity index (χ2n) is 5.99. The zero-order valence-electron chi connectivity index (χ0n) is 19.6. The molecule has 0 atom stereocenters. The van der Waals surface area contributed by atoms with Crippen molar-refractivity contribution in [3.63, 3.8) is 0 Å². The Morgan fingerprint density at radius 3 is 0.939 bits per heavy atom. The van der Waals surface area contributed by atoms with E-state index in [-0.39, 0.29) is 19.2 Å². The van der Waals surface area contributed by atoms with Crippen molar-refractivity contribution in [3.05, 3.63) is 35.4 Å². The maximum Gasteiger partial charge on any atom is 0.251 e. The predicted molar refractivity (Wildman–Crippen MR) is 126 cm³/mol. The summed E-state index contributed by atoms with van der Waals surface area (Å²) in [5.41, 5.74) is 0.911. The van der Waals surface area contributed by atoms with Gasteiger partial charge in [-0.2, -0.15) is 0 Å². The normalized spacial score (nSPS) is 9.21. The first-order valence-electron chi connectivity index (χ1n) is 9.39. The van der Waals surface area contributed by atoms with Gasteiger partial charge < -0.3 is 39.1 Å². The van der Waals surface area contributed by atoms with Crippen molar-refractivity contribution in [2.24, 2.45) is 0 Å². The third kappa shape index (κ3) is 7.09. The van der Waals surface area contributed by atoms with E-state index < -0.39 is 0 Å². The topological polar surface area (TPSA) is 114 Å². The Bertz CT molecular complexity index is 805. The molecule has 0 aliphatic carbocycles. The van der Waals surface area contributed by atoms with Crippen LogP contribution in [0.1, 0.15) is 28.1 Å². The first kappa shape index (κ1) is 29.2. The SMILES string of the molecule is C.CNC(=O)c1cc(OC)c(OC)c(OC)c1.CNC(=O)c1cc(OC)c(OC)c(OC)c1. The molecule has 10 heteroatoms. The number of hydrogen-bond acceptors (Lipinski definition) is 8. The van der Waals surface area contributed by atoms with Crippen molar-refractivity contribution in [1.82, 2.24) is 10.6 Å². The Balaban J connectivity index is 0.000000602. The van der Waals surface area contributed by atoms with Crippen LogP contribution in [0.15, 0.2) is 24.3 Å². The number of benzene rings is 2. The highest BCUT2D eigenvalue weighted by atomic mass is 16.5. The summed E-state index contributed by atoms with van der Waals surface area (Å²) in [6.45, 7) is 0. The van der Waals surface area contributed by atoms with Gasteiger partial charge in [0.1, 0.15) is 0 Å². The lowest BCUT2D eigenvalue weighted by molar-refractivity contribution is 0.0954. The lowest BCUT2D eigenvalue weighted by Crippen LogP contribution is -2.18. The molecule has 184 valence electrons. The molecule has 2 aromatic rings. The van der Waals surface area contributed by atoms with Gasteiger partial charge >= 0.3 is 0 Å². The van der Waals surface area contributed by atoms with Crippen molar-refractivity contribution in [2.45, 2.75) is 7.43 Å². The van der Waals surface area contributed by atoms with Crippen molar-refractivity contribution in [2.75, 3.05) is 56.8 Å². The van der Waals surface area contributed by atoms with Gasteiger partial charge in [-0.3, -0.25) is 9.59 Å². The maximum absolute atomic E-state index is 11.5. The zero-order chi connectivity index (χ0) is 24.3. The van der Waals surface area contributed by atoms with Crippen LogP contribution in [0.3, 0.4) is 0 Å². The standard InChI is InChI=1S/2C11H15NO4.CH4/c2*1-12-11(13)7-5-8(14-2)10(16-4)9(6-7)15-3;/h2*5-6H,1-4H3,(H,12,13);1H4. The van der Waals surface area contributed by atoms with E-state index in [4.69, 9.17) is 28.4 Å². The van der Waals surface area contributed by atoms with Crippen LogP contribution in [-0.2, 0) is 0 Å². The molecule has 0 unspecified atom stereocenters. The fourth-order valence-corrected chi connectivity index (χ4v) is 2.71. The summed E-state index contributed by atoms with van der Waals surface area (Å²) < 4.78 is 30.8. The van der Waals surface area contributed by atoms with E-state index in [9.17, 15) is 9.59 Å². The fraction of sp³-hybridized carbons (Fsp3) is 0.391. The summed E-state index contributed by atoms with van der Waals surface area (Å²) in [6, 6.07) is 6.39. The van der Waals surface area contributed by atoms with Gasteiger partial charge in [0.2, 0.25) is 11.5 Å². The Morgan fingerprint density at radius 2 is 0.788 bits per heavy atom. The molecule has 0 aliphatic heterocycles. The van der Waals surface area contributed by atoms with E-state index >= 15 is 0 Å². The molecule has 0 fully saturated rings. The maximum atomic E-state index is 11.5. The fourth-order valence-electron chi connectivity index (χ4n) is 2.71. The lowest BCUT2D eigenvalue weighted by atomic mass is 10.1. The van der Waals surface area contributed by atoms with E-state index in [1.807, 2.05) is 0 Å². The second-order valence-corrected chi connectivity index (χ2v) is 5.99. The van der Waals surface area contributed by atoms with Crippen molar-refractivity contribution in [1.29, 1.82) is 0 Å². The number of methoxy groups -OCH3 is 6. The third-order valence-electron chi connectivity index (χ3n) is 4.31. The zero-order valence-corrected chi connectivity index (χ0v) is 19.6. The van der Waals surface area contributed by atoms with Gasteiger partial charge in [0.25, 0.3) is 11.8 Å². The molecular formula is C23H34N2O8. The summed E-state index contributed by atoms with van der Waals surface area (Å²) in [7, 11) is 12.2. The number of carbonyl (C=O) groups is 2. The largest absolute Gasteiger partial charge is 0.493 e. The summed E-state index contributed by atoms with van der Waals surface area (Å²) in [4.78, 5) is 23.0. The quantitative estimate of drug-likeness (QED) is 0.611. The Morgan fingerprint density at radius 1 is 0.545 bits per heavy atom. The summed E-state index contributed by atoms with van der Waals surface area (Å²) in [6.07, 6.45) is 0. The molecule has 0 saturated heterocycles. The Labute approximate surface area is 195 Å². The van der Waals surface area contributed by atoms with Crippen LogP contribution in [0.2, 0.25) is 0 Å². The Kier molecular flexibility index (Phi) is 12.6. The number of hydrogen-bond donors (Lipinski definition) is 2. The van der Waals surface area contributed by atoms with Crippen LogP contribution in [0.4, 0.5) is 0 Å².